The van der Waals surface area contributed by atoms with Gasteiger partial charge in [-0.15, -0.1) is 0 Å². The van der Waals surface area contributed by atoms with Crippen molar-refractivity contribution in [2.45, 2.75) is 76.3 Å². The Labute approximate surface area is 116 Å². The predicted octanol–water partition coefficient (Wildman–Crippen LogP) is 2.69. The number of hydrogen-bond acceptors (Lipinski definition) is 2. The first-order valence-corrected chi connectivity index (χ1v) is 8.32. The van der Waals surface area contributed by atoms with Crippen LogP contribution in [0.1, 0.15) is 64.2 Å². The second-order valence-corrected chi connectivity index (χ2v) is 6.91. The molecule has 3 atom stereocenters. The maximum absolute atomic E-state index is 12.8. The van der Waals surface area contributed by atoms with Crippen LogP contribution in [0.4, 0.5) is 0 Å². The minimum Gasteiger partial charge on any atom is -0.339 e. The molecule has 2 N–H and O–H groups in total. The Bertz CT molecular complexity index is 325. The first-order chi connectivity index (χ1) is 9.25. The van der Waals surface area contributed by atoms with E-state index in [0.717, 1.165) is 38.1 Å². The van der Waals surface area contributed by atoms with E-state index in [1.54, 1.807) is 0 Å². The molecule has 3 unspecified atom stereocenters. The second-order valence-electron chi connectivity index (χ2n) is 6.91. The van der Waals surface area contributed by atoms with Gasteiger partial charge in [-0.3, -0.25) is 4.79 Å². The largest absolute Gasteiger partial charge is 0.339 e. The zero-order valence-corrected chi connectivity index (χ0v) is 12.0. The molecule has 0 aromatic rings. The molecule has 2 saturated carbocycles. The highest BCUT2D eigenvalue weighted by atomic mass is 16.2. The number of carbonyl (C=O) groups is 1. The normalized spacial score (nSPS) is 36.9. The maximum Gasteiger partial charge on any atom is 0.225 e. The van der Waals surface area contributed by atoms with Crippen LogP contribution in [-0.4, -0.2) is 29.4 Å². The Kier molecular flexibility index (Phi) is 4.11. The van der Waals surface area contributed by atoms with Crippen molar-refractivity contribution in [2.24, 2.45) is 17.6 Å². The van der Waals surface area contributed by atoms with E-state index in [1.807, 2.05) is 0 Å². The van der Waals surface area contributed by atoms with Crippen molar-refractivity contribution >= 4 is 5.91 Å². The van der Waals surface area contributed by atoms with Gasteiger partial charge >= 0.3 is 0 Å². The van der Waals surface area contributed by atoms with E-state index in [4.69, 9.17) is 5.73 Å². The van der Waals surface area contributed by atoms with E-state index in [-0.39, 0.29) is 12.0 Å². The molecule has 3 nitrogen and oxygen atoms in total. The summed E-state index contributed by atoms with van der Waals surface area (Å²) in [6.45, 7) is 1.01. The monoisotopic (exact) mass is 264 g/mol. The van der Waals surface area contributed by atoms with Crippen LogP contribution >= 0.6 is 0 Å². The fraction of sp³-hybridized carbons (Fsp3) is 0.938. The number of rotatable bonds is 2. The topological polar surface area (TPSA) is 46.3 Å². The van der Waals surface area contributed by atoms with Crippen molar-refractivity contribution in [2.75, 3.05) is 6.54 Å². The highest BCUT2D eigenvalue weighted by Crippen LogP contribution is 2.37. The second kappa shape index (κ2) is 5.82. The number of likely N-dealkylation sites (tertiary alicyclic amines) is 1. The lowest BCUT2D eigenvalue weighted by molar-refractivity contribution is -0.138. The van der Waals surface area contributed by atoms with Gasteiger partial charge in [-0.05, 0) is 50.9 Å². The lowest BCUT2D eigenvalue weighted by atomic mass is 9.84. The van der Waals surface area contributed by atoms with Gasteiger partial charge in [-0.1, -0.05) is 19.3 Å². The van der Waals surface area contributed by atoms with E-state index in [0.29, 0.717) is 11.9 Å². The van der Waals surface area contributed by atoms with E-state index >= 15 is 0 Å². The third kappa shape index (κ3) is 2.81. The van der Waals surface area contributed by atoms with Gasteiger partial charge in [0.05, 0.1) is 0 Å². The van der Waals surface area contributed by atoms with Gasteiger partial charge in [0.15, 0.2) is 0 Å². The quantitative estimate of drug-likeness (QED) is 0.833. The molecule has 0 aromatic carbocycles. The Morgan fingerprint density at radius 1 is 0.947 bits per heavy atom. The molecule has 2 aliphatic carbocycles. The number of hydrogen-bond donors (Lipinski definition) is 1. The van der Waals surface area contributed by atoms with Crippen molar-refractivity contribution in [3.05, 3.63) is 0 Å². The molecule has 0 spiro atoms. The Hall–Kier alpha value is -0.570. The van der Waals surface area contributed by atoms with Crippen molar-refractivity contribution in [1.82, 2.24) is 4.90 Å². The van der Waals surface area contributed by atoms with Crippen molar-refractivity contribution in [3.63, 3.8) is 0 Å². The molecule has 0 aromatic heterocycles. The zero-order valence-electron chi connectivity index (χ0n) is 12.0. The highest BCUT2D eigenvalue weighted by Gasteiger charge is 2.38. The number of nitrogens with zero attached hydrogens (tertiary/aromatic N) is 1. The van der Waals surface area contributed by atoms with E-state index in [1.165, 1.54) is 38.5 Å². The lowest BCUT2D eigenvalue weighted by Crippen LogP contribution is -2.45. The molecule has 3 fully saturated rings. The summed E-state index contributed by atoms with van der Waals surface area (Å²) in [7, 11) is 0. The van der Waals surface area contributed by atoms with Crippen LogP contribution in [0, 0.1) is 11.8 Å². The number of carbonyl (C=O) groups excluding carboxylic acids is 1. The fourth-order valence-electron chi connectivity index (χ4n) is 4.58. The van der Waals surface area contributed by atoms with Crippen molar-refractivity contribution in [3.8, 4) is 0 Å². The van der Waals surface area contributed by atoms with Crippen LogP contribution in [0.3, 0.4) is 0 Å². The molecule has 19 heavy (non-hydrogen) atoms. The Morgan fingerprint density at radius 2 is 1.74 bits per heavy atom. The van der Waals surface area contributed by atoms with Crippen LogP contribution < -0.4 is 5.73 Å². The molecule has 1 amide bonds. The van der Waals surface area contributed by atoms with Crippen molar-refractivity contribution < 1.29 is 4.79 Å². The molecule has 3 rings (SSSR count). The molecule has 1 saturated heterocycles. The number of amides is 1. The minimum atomic E-state index is 0.228. The minimum absolute atomic E-state index is 0.228. The Morgan fingerprint density at radius 3 is 2.47 bits per heavy atom. The van der Waals surface area contributed by atoms with Gasteiger partial charge in [0.2, 0.25) is 5.91 Å². The smallest absolute Gasteiger partial charge is 0.225 e. The summed E-state index contributed by atoms with van der Waals surface area (Å²) < 4.78 is 0. The molecular weight excluding hydrogens is 236 g/mol. The molecule has 0 bridgehead atoms. The van der Waals surface area contributed by atoms with Crippen LogP contribution in [0.2, 0.25) is 0 Å². The zero-order chi connectivity index (χ0) is 13.2. The molecule has 1 heterocycles. The summed E-state index contributed by atoms with van der Waals surface area (Å²) >= 11 is 0. The van der Waals surface area contributed by atoms with Crippen LogP contribution in [0.25, 0.3) is 0 Å². The first-order valence-electron chi connectivity index (χ1n) is 8.32. The van der Waals surface area contributed by atoms with Gasteiger partial charge in [0.1, 0.15) is 0 Å². The van der Waals surface area contributed by atoms with Gasteiger partial charge < -0.3 is 10.6 Å². The molecular formula is C16H28N2O. The van der Waals surface area contributed by atoms with Crippen molar-refractivity contribution in [1.29, 1.82) is 0 Å². The fourth-order valence-corrected chi connectivity index (χ4v) is 4.58. The van der Waals surface area contributed by atoms with E-state index in [2.05, 4.69) is 4.90 Å². The molecule has 3 aliphatic rings. The van der Waals surface area contributed by atoms with Crippen LogP contribution in [-0.2, 0) is 4.79 Å². The average molecular weight is 264 g/mol. The molecule has 0 radical (unpaired) electrons. The van der Waals surface area contributed by atoms with Gasteiger partial charge in [0.25, 0.3) is 0 Å². The summed E-state index contributed by atoms with van der Waals surface area (Å²) in [5.41, 5.74) is 6.05. The third-order valence-electron chi connectivity index (χ3n) is 5.59. The predicted molar refractivity (Wildman–Crippen MR) is 76.6 cm³/mol. The average Bonchev–Trinajstić information content (AvgIpc) is 3.08. The summed E-state index contributed by atoms with van der Waals surface area (Å²) in [6.07, 6.45) is 12.1. The van der Waals surface area contributed by atoms with Crippen LogP contribution in [0.5, 0.6) is 0 Å². The summed E-state index contributed by atoms with van der Waals surface area (Å²) in [4.78, 5) is 15.0. The van der Waals surface area contributed by atoms with E-state index in [9.17, 15) is 4.79 Å². The molecule has 108 valence electrons. The highest BCUT2D eigenvalue weighted by molar-refractivity contribution is 5.79. The summed E-state index contributed by atoms with van der Waals surface area (Å²) in [5, 5.41) is 0. The van der Waals surface area contributed by atoms with Gasteiger partial charge in [-0.25, -0.2) is 0 Å². The summed E-state index contributed by atoms with van der Waals surface area (Å²) in [6, 6.07) is 0.823. The van der Waals surface area contributed by atoms with Gasteiger partial charge in [-0.2, -0.15) is 0 Å². The third-order valence-corrected chi connectivity index (χ3v) is 5.59. The number of nitrogens with two attached hydrogens (primary N) is 1. The van der Waals surface area contributed by atoms with E-state index < -0.39 is 0 Å². The standard InChI is InChI=1S/C16H28N2O/c17-14-8-3-7-13(11-14)16(19)18-10-4-9-15(18)12-5-1-2-6-12/h12-15H,1-11,17H2. The Balaban J connectivity index is 1.64. The van der Waals surface area contributed by atoms with Gasteiger partial charge in [0, 0.05) is 24.5 Å². The summed E-state index contributed by atoms with van der Waals surface area (Å²) in [5.74, 6) is 1.46. The molecule has 1 aliphatic heterocycles. The molecule has 3 heteroatoms. The first kappa shape index (κ1) is 13.4. The lowest BCUT2D eigenvalue weighted by Gasteiger charge is -2.34. The van der Waals surface area contributed by atoms with Crippen LogP contribution in [0.15, 0.2) is 0 Å². The SMILES string of the molecule is NC1CCCC(C(=O)N2CCCC2C2CCCC2)C1. The maximum atomic E-state index is 12.8.